The average molecular weight is 308 g/mol. The fourth-order valence-electron chi connectivity index (χ4n) is 3.15. The first-order valence-corrected chi connectivity index (χ1v) is 7.54. The zero-order valence-electron chi connectivity index (χ0n) is 12.4. The van der Waals surface area contributed by atoms with Crippen LogP contribution in [0.25, 0.3) is 27.2 Å². The summed E-state index contributed by atoms with van der Waals surface area (Å²) in [7, 11) is 0. The van der Waals surface area contributed by atoms with Gasteiger partial charge in [-0.1, -0.05) is 12.1 Å². The molecule has 2 aromatic carbocycles. The summed E-state index contributed by atoms with van der Waals surface area (Å²) in [6.45, 7) is 1.84. The third kappa shape index (κ3) is 1.96. The third-order valence-corrected chi connectivity index (χ3v) is 4.17. The molecule has 4 rings (SSSR count). The second-order valence-electron chi connectivity index (χ2n) is 5.57. The Kier molecular flexibility index (Phi) is 3.14. The normalized spacial score (nSPS) is 11.9. The number of nitrogens with zero attached hydrogens (tertiary/aromatic N) is 1. The van der Waals surface area contributed by atoms with E-state index in [0.29, 0.717) is 30.5 Å². The number of hydrogen-bond donors (Lipinski definition) is 3. The highest BCUT2D eigenvalue weighted by atomic mass is 16.1. The highest BCUT2D eigenvalue weighted by molar-refractivity contribution is 6.02. The van der Waals surface area contributed by atoms with Gasteiger partial charge in [-0.3, -0.25) is 19.2 Å². The number of benzene rings is 2. The van der Waals surface area contributed by atoms with Crippen LogP contribution in [0.5, 0.6) is 0 Å². The minimum absolute atomic E-state index is 0.211. The lowest BCUT2D eigenvalue weighted by atomic mass is 10.1. The summed E-state index contributed by atoms with van der Waals surface area (Å²) >= 11 is 0. The van der Waals surface area contributed by atoms with Crippen LogP contribution in [0.3, 0.4) is 0 Å². The quantitative estimate of drug-likeness (QED) is 0.384. The van der Waals surface area contributed by atoms with Crippen LogP contribution in [0.2, 0.25) is 0 Å². The second kappa shape index (κ2) is 5.19. The van der Waals surface area contributed by atoms with E-state index in [4.69, 9.17) is 5.73 Å². The molecule has 0 bridgehead atoms. The fraction of sp³-hybridized carbons (Fsp3) is 0.176. The highest BCUT2D eigenvalue weighted by Crippen LogP contribution is 2.24. The molecule has 2 heterocycles. The first-order chi connectivity index (χ1) is 11.2. The molecule has 0 aliphatic heterocycles. The molecule has 4 aromatic rings. The monoisotopic (exact) mass is 308 g/mol. The van der Waals surface area contributed by atoms with Gasteiger partial charge in [-0.05, 0) is 24.3 Å². The Morgan fingerprint density at radius 1 is 1.09 bits per heavy atom. The topological polar surface area (TPSA) is 92.4 Å². The van der Waals surface area contributed by atoms with Crippen molar-refractivity contribution >= 4 is 27.2 Å². The van der Waals surface area contributed by atoms with Crippen LogP contribution < -0.4 is 21.9 Å². The molecule has 0 amide bonds. The van der Waals surface area contributed by atoms with Gasteiger partial charge in [0.1, 0.15) is 0 Å². The molecule has 6 nitrogen and oxygen atoms in total. The minimum atomic E-state index is -0.244. The summed E-state index contributed by atoms with van der Waals surface area (Å²) in [6, 6.07) is 10.5. The van der Waals surface area contributed by atoms with Gasteiger partial charge in [-0.2, -0.15) is 0 Å². The van der Waals surface area contributed by atoms with Crippen LogP contribution in [-0.4, -0.2) is 22.7 Å². The Labute approximate surface area is 130 Å². The van der Waals surface area contributed by atoms with E-state index in [1.54, 1.807) is 18.2 Å². The molecular weight excluding hydrogens is 292 g/mol. The Balaban J connectivity index is 2.15. The van der Waals surface area contributed by atoms with Crippen molar-refractivity contribution in [3.63, 3.8) is 0 Å². The summed E-state index contributed by atoms with van der Waals surface area (Å²) in [5, 5.41) is 8.21. The van der Waals surface area contributed by atoms with E-state index in [1.165, 1.54) is 6.07 Å². The van der Waals surface area contributed by atoms with Gasteiger partial charge >= 0.3 is 0 Å². The molecule has 0 saturated heterocycles. The highest BCUT2D eigenvalue weighted by Gasteiger charge is 2.17. The molecule has 0 aliphatic rings. The molecule has 116 valence electrons. The zero-order valence-corrected chi connectivity index (χ0v) is 12.4. The number of nitrogens with two attached hydrogens (primary N) is 1. The lowest BCUT2D eigenvalue weighted by Crippen LogP contribution is -2.22. The van der Waals surface area contributed by atoms with Gasteiger partial charge in [0.2, 0.25) is 5.43 Å². The van der Waals surface area contributed by atoms with Crippen LogP contribution in [0.1, 0.15) is 5.69 Å². The molecule has 0 unspecified atom stereocenters. The Morgan fingerprint density at radius 3 is 2.74 bits per heavy atom. The smallest absolute Gasteiger partial charge is 0.201 e. The number of hydrogen-bond acceptors (Lipinski definition) is 4. The predicted molar refractivity (Wildman–Crippen MR) is 91.2 cm³/mol. The Hall–Kier alpha value is -2.70. The fourth-order valence-corrected chi connectivity index (χ4v) is 3.15. The summed E-state index contributed by atoms with van der Waals surface area (Å²) < 4.78 is 1.84. The molecule has 0 radical (unpaired) electrons. The summed E-state index contributed by atoms with van der Waals surface area (Å²) in [5.74, 6) is 0. The number of aromatic amines is 1. The second-order valence-corrected chi connectivity index (χ2v) is 5.57. The van der Waals surface area contributed by atoms with Crippen molar-refractivity contribution in [3.8, 4) is 0 Å². The van der Waals surface area contributed by atoms with E-state index in [-0.39, 0.29) is 16.2 Å². The number of aromatic nitrogens is 2. The average Bonchev–Trinajstić information content (AvgIpc) is 2.93. The van der Waals surface area contributed by atoms with Crippen LogP contribution in [0.4, 0.5) is 0 Å². The number of H-pyrrole nitrogens is 1. The third-order valence-electron chi connectivity index (χ3n) is 4.17. The molecule has 0 saturated carbocycles. The number of nitrogens with one attached hydrogen (secondary N) is 2. The van der Waals surface area contributed by atoms with Crippen molar-refractivity contribution in [1.29, 1.82) is 0 Å². The number of pyridine rings is 1. The molecule has 0 aliphatic carbocycles. The molecular formula is C17H16N4O2. The maximum atomic E-state index is 12.7. The standard InChI is InChI=1S/C17H16N4O2/c18-7-8-19-9-12-10-5-6-14(22)15-16(10)21(20-12)13-4-2-1-3-11(13)17(15)23/h1-6,19-20H,7-9,18H2. The predicted octanol–water partition coefficient (Wildman–Crippen LogP) is 0.780. The molecule has 6 heteroatoms. The maximum Gasteiger partial charge on any atom is 0.201 e. The maximum absolute atomic E-state index is 12.7. The van der Waals surface area contributed by atoms with E-state index >= 15 is 0 Å². The van der Waals surface area contributed by atoms with Gasteiger partial charge in [-0.25, -0.2) is 0 Å². The zero-order chi connectivity index (χ0) is 16.0. The minimum Gasteiger partial charge on any atom is -0.329 e. The number of rotatable bonds is 4. The van der Waals surface area contributed by atoms with Crippen LogP contribution in [-0.2, 0) is 6.54 Å². The molecule has 0 atom stereocenters. The van der Waals surface area contributed by atoms with Gasteiger partial charge < -0.3 is 11.1 Å². The molecule has 4 N–H and O–H groups in total. The van der Waals surface area contributed by atoms with Crippen LogP contribution in [0.15, 0.2) is 46.0 Å². The molecule has 23 heavy (non-hydrogen) atoms. The van der Waals surface area contributed by atoms with Gasteiger partial charge in [0.05, 0.1) is 22.1 Å². The van der Waals surface area contributed by atoms with E-state index in [0.717, 1.165) is 16.6 Å². The van der Waals surface area contributed by atoms with Gasteiger partial charge in [-0.15, -0.1) is 0 Å². The van der Waals surface area contributed by atoms with Crippen molar-refractivity contribution in [2.75, 3.05) is 13.1 Å². The van der Waals surface area contributed by atoms with Crippen molar-refractivity contribution in [2.24, 2.45) is 5.73 Å². The summed E-state index contributed by atoms with van der Waals surface area (Å²) in [4.78, 5) is 25.0. The molecule has 0 spiro atoms. The van der Waals surface area contributed by atoms with E-state index in [1.807, 2.05) is 16.6 Å². The van der Waals surface area contributed by atoms with Crippen molar-refractivity contribution in [1.82, 2.24) is 14.9 Å². The lowest BCUT2D eigenvalue weighted by molar-refractivity contribution is 0.680. The van der Waals surface area contributed by atoms with Crippen molar-refractivity contribution in [3.05, 3.63) is 62.5 Å². The van der Waals surface area contributed by atoms with Crippen molar-refractivity contribution < 1.29 is 0 Å². The van der Waals surface area contributed by atoms with Crippen LogP contribution in [0, 0.1) is 0 Å². The van der Waals surface area contributed by atoms with Gasteiger partial charge in [0.25, 0.3) is 0 Å². The number of para-hydroxylation sites is 1. The van der Waals surface area contributed by atoms with E-state index in [9.17, 15) is 9.59 Å². The molecule has 2 aromatic heterocycles. The van der Waals surface area contributed by atoms with Gasteiger partial charge in [0, 0.05) is 30.4 Å². The lowest BCUT2D eigenvalue weighted by Gasteiger charge is -2.03. The number of fused-ring (bicyclic) bond motifs is 2. The van der Waals surface area contributed by atoms with E-state index in [2.05, 4.69) is 10.4 Å². The first kappa shape index (κ1) is 13.9. The largest absolute Gasteiger partial charge is 0.329 e. The molecule has 0 fully saturated rings. The first-order valence-electron chi connectivity index (χ1n) is 7.54. The van der Waals surface area contributed by atoms with Crippen molar-refractivity contribution in [2.45, 2.75) is 6.54 Å². The Bertz CT molecular complexity index is 1130. The SMILES string of the molecule is NCCNCc1[nH]n2c3ccccc3c(=O)c3c(=O)ccc1c32. The Morgan fingerprint density at radius 2 is 1.91 bits per heavy atom. The summed E-state index contributed by atoms with van der Waals surface area (Å²) in [6.07, 6.45) is 0. The summed E-state index contributed by atoms with van der Waals surface area (Å²) in [5.41, 5.74) is 7.41. The van der Waals surface area contributed by atoms with Gasteiger partial charge in [0.15, 0.2) is 5.43 Å². The van der Waals surface area contributed by atoms with Crippen LogP contribution >= 0.6 is 0 Å². The van der Waals surface area contributed by atoms with E-state index < -0.39 is 0 Å².